The van der Waals surface area contributed by atoms with E-state index < -0.39 is 17.5 Å². The Morgan fingerprint density at radius 3 is 2.67 bits per heavy atom. The molecule has 1 fully saturated rings. The number of nitro groups is 1. The van der Waals surface area contributed by atoms with Crippen molar-refractivity contribution < 1.29 is 19.2 Å². The Morgan fingerprint density at radius 2 is 1.94 bits per heavy atom. The number of nitrogens with zero attached hydrogens (tertiary/aromatic N) is 2. The van der Waals surface area contributed by atoms with Gasteiger partial charge in [-0.2, -0.15) is 0 Å². The lowest BCUT2D eigenvalue weighted by molar-refractivity contribution is -0.534. The molecule has 0 unspecified atom stereocenters. The summed E-state index contributed by atoms with van der Waals surface area (Å²) in [5, 5.41) is 16.0. The Hall–Kier alpha value is -3.14. The van der Waals surface area contributed by atoms with E-state index in [1.807, 2.05) is 18.2 Å². The van der Waals surface area contributed by atoms with E-state index in [2.05, 4.69) is 21.2 Å². The lowest BCUT2D eigenvalue weighted by Gasteiger charge is -2.30. The van der Waals surface area contributed by atoms with Crippen molar-refractivity contribution in [1.29, 1.82) is 0 Å². The fraction of sp³-hybridized carbons (Fsp3) is 0.269. The third-order valence-electron chi connectivity index (χ3n) is 7.05. The van der Waals surface area contributed by atoms with Gasteiger partial charge in [0.25, 0.3) is 11.9 Å². The van der Waals surface area contributed by atoms with Crippen LogP contribution in [0.2, 0.25) is 5.02 Å². The Bertz CT molecular complexity index is 1370. The van der Waals surface area contributed by atoms with E-state index in [0.29, 0.717) is 44.4 Å². The van der Waals surface area contributed by atoms with Gasteiger partial charge in [-0.3, -0.25) is 19.8 Å². The molecule has 0 aromatic heterocycles. The molecular weight excluding hydrogens is 550 g/mol. The van der Waals surface area contributed by atoms with Gasteiger partial charge >= 0.3 is 0 Å². The Morgan fingerprint density at radius 1 is 1.22 bits per heavy atom. The highest BCUT2D eigenvalue weighted by Crippen LogP contribution is 2.53. The second kappa shape index (κ2) is 9.38. The number of likely N-dealkylation sites (N-methyl/N-ethyl adjacent to an activating group) is 1. The van der Waals surface area contributed by atoms with Crippen molar-refractivity contribution >= 4 is 39.1 Å². The maximum atomic E-state index is 13.3. The molecule has 2 heterocycles. The molecule has 0 saturated carbocycles. The number of rotatable bonds is 6. The van der Waals surface area contributed by atoms with Crippen molar-refractivity contribution in [2.24, 2.45) is 0 Å². The zero-order valence-electron chi connectivity index (χ0n) is 19.5. The summed E-state index contributed by atoms with van der Waals surface area (Å²) in [7, 11) is 3.27. The van der Waals surface area contributed by atoms with Crippen molar-refractivity contribution in [2.45, 2.75) is 24.1 Å². The summed E-state index contributed by atoms with van der Waals surface area (Å²) >= 11 is 9.82. The minimum atomic E-state index is -1.41. The van der Waals surface area contributed by atoms with Gasteiger partial charge < -0.3 is 14.8 Å². The lowest BCUT2D eigenvalue weighted by atomic mass is 9.79. The first-order valence-corrected chi connectivity index (χ1v) is 12.5. The predicted octanol–water partition coefficient (Wildman–Crippen LogP) is 5.21. The summed E-state index contributed by atoms with van der Waals surface area (Å²) in [6.45, 7) is 0.528. The number of benzene rings is 3. The standard InChI is InChI=1S/C26H23BrClN3O5/c1-30-13-17(24(31(33)34)26(30)18-8-4-6-10-21(18)29-25(26)32)16-11-19(27)23(22(12-16)35-2)36-14-15-7-3-5-9-20(15)28/h3-12,17,24H,13-14H2,1-2H3,(H,29,32)/t17-,24+,26+/m0/s1. The fourth-order valence-corrected chi connectivity index (χ4v) is 6.20. The molecule has 0 radical (unpaired) electrons. The van der Waals surface area contributed by atoms with Crippen LogP contribution >= 0.6 is 27.5 Å². The number of amides is 1. The molecule has 0 bridgehead atoms. The van der Waals surface area contributed by atoms with Gasteiger partial charge in [-0.25, -0.2) is 0 Å². The number of hydrogen-bond acceptors (Lipinski definition) is 6. The molecule has 10 heteroatoms. The number of carbonyl (C=O) groups is 1. The van der Waals surface area contributed by atoms with Crippen LogP contribution in [-0.4, -0.2) is 42.5 Å². The quantitative estimate of drug-likeness (QED) is 0.322. The molecule has 1 spiro atoms. The maximum absolute atomic E-state index is 13.3. The maximum Gasteiger partial charge on any atom is 0.256 e. The van der Waals surface area contributed by atoms with Crippen LogP contribution in [0, 0.1) is 10.1 Å². The van der Waals surface area contributed by atoms with Crippen LogP contribution in [0.1, 0.15) is 22.6 Å². The van der Waals surface area contributed by atoms with Crippen LogP contribution in [-0.2, 0) is 16.9 Å². The second-order valence-corrected chi connectivity index (χ2v) is 10.2. The van der Waals surface area contributed by atoms with E-state index in [-0.39, 0.29) is 17.4 Å². The van der Waals surface area contributed by atoms with Gasteiger partial charge in [-0.15, -0.1) is 0 Å². The third-order valence-corrected chi connectivity index (χ3v) is 8.01. The van der Waals surface area contributed by atoms with Gasteiger partial charge in [-0.05, 0) is 52.8 Å². The molecule has 1 saturated heterocycles. The van der Waals surface area contributed by atoms with Crippen LogP contribution < -0.4 is 14.8 Å². The van der Waals surface area contributed by atoms with E-state index in [0.717, 1.165) is 5.56 Å². The topological polar surface area (TPSA) is 93.9 Å². The van der Waals surface area contributed by atoms with Crippen molar-refractivity contribution in [1.82, 2.24) is 4.90 Å². The molecule has 1 N–H and O–H groups in total. The molecule has 186 valence electrons. The highest BCUT2D eigenvalue weighted by molar-refractivity contribution is 9.10. The molecule has 5 rings (SSSR count). The van der Waals surface area contributed by atoms with Crippen molar-refractivity contribution in [2.75, 3.05) is 26.0 Å². The average molecular weight is 573 g/mol. The Balaban J connectivity index is 1.54. The summed E-state index contributed by atoms with van der Waals surface area (Å²) in [4.78, 5) is 27.3. The fourth-order valence-electron chi connectivity index (χ4n) is 5.44. The van der Waals surface area contributed by atoms with Crippen molar-refractivity contribution in [3.05, 3.63) is 97.0 Å². The monoisotopic (exact) mass is 571 g/mol. The summed E-state index contributed by atoms with van der Waals surface area (Å²) < 4.78 is 12.2. The van der Waals surface area contributed by atoms with Crippen LogP contribution in [0.25, 0.3) is 0 Å². The zero-order chi connectivity index (χ0) is 25.6. The van der Waals surface area contributed by atoms with E-state index in [1.165, 1.54) is 7.11 Å². The van der Waals surface area contributed by atoms with Crippen LogP contribution in [0.5, 0.6) is 11.5 Å². The summed E-state index contributed by atoms with van der Waals surface area (Å²) in [5.74, 6) is -0.0805. The third kappa shape index (κ3) is 3.73. The Kier molecular flexibility index (Phi) is 6.40. The van der Waals surface area contributed by atoms with Crippen molar-refractivity contribution in [3.8, 4) is 11.5 Å². The molecule has 3 aromatic rings. The minimum Gasteiger partial charge on any atom is -0.493 e. The number of nitrogens with one attached hydrogen (secondary N) is 1. The highest BCUT2D eigenvalue weighted by atomic mass is 79.9. The highest BCUT2D eigenvalue weighted by Gasteiger charge is 2.68. The molecule has 3 aromatic carbocycles. The smallest absolute Gasteiger partial charge is 0.256 e. The lowest BCUT2D eigenvalue weighted by Crippen LogP contribution is -2.54. The number of fused-ring (bicyclic) bond motifs is 2. The number of halogens is 2. The van der Waals surface area contributed by atoms with Crippen molar-refractivity contribution in [3.63, 3.8) is 0 Å². The van der Waals surface area contributed by atoms with Gasteiger partial charge in [-0.1, -0.05) is 48.0 Å². The number of para-hydroxylation sites is 1. The SMILES string of the molecule is COc1cc([C@@H]2CN(C)[C@@]3(C(=O)Nc4ccccc43)[C@@H]2[N+](=O)[O-])cc(Br)c1OCc1ccccc1Cl. The second-order valence-electron chi connectivity index (χ2n) is 8.90. The number of methoxy groups -OCH3 is 1. The molecule has 3 atom stereocenters. The van der Waals surface area contributed by atoms with E-state index >= 15 is 0 Å². The van der Waals surface area contributed by atoms with Crippen LogP contribution in [0.4, 0.5) is 5.69 Å². The number of anilines is 1. The zero-order valence-corrected chi connectivity index (χ0v) is 21.9. The molecular formula is C26H23BrClN3O5. The van der Waals surface area contributed by atoms with E-state index in [9.17, 15) is 14.9 Å². The molecule has 8 nitrogen and oxygen atoms in total. The number of carbonyl (C=O) groups excluding carboxylic acids is 1. The summed E-state index contributed by atoms with van der Waals surface area (Å²) in [6, 6.07) is 16.9. The summed E-state index contributed by atoms with van der Waals surface area (Å²) in [5.41, 5.74) is 1.29. The molecule has 2 aliphatic heterocycles. The minimum absolute atomic E-state index is 0.220. The number of likely N-dealkylation sites (tertiary alicyclic amines) is 1. The number of ether oxygens (including phenoxy) is 2. The van der Waals surface area contributed by atoms with Crippen LogP contribution in [0.15, 0.2) is 65.1 Å². The first kappa shape index (κ1) is 24.5. The van der Waals surface area contributed by atoms with Gasteiger partial charge in [0.05, 0.1) is 17.5 Å². The van der Waals surface area contributed by atoms with Gasteiger partial charge in [0.2, 0.25) is 0 Å². The predicted molar refractivity (Wildman–Crippen MR) is 139 cm³/mol. The molecule has 0 aliphatic carbocycles. The van der Waals surface area contributed by atoms with Gasteiger partial charge in [0, 0.05) is 33.3 Å². The molecule has 36 heavy (non-hydrogen) atoms. The largest absolute Gasteiger partial charge is 0.493 e. The summed E-state index contributed by atoms with van der Waals surface area (Å²) in [6.07, 6.45) is 0. The number of hydrogen-bond donors (Lipinski definition) is 1. The van der Waals surface area contributed by atoms with E-state index in [1.54, 1.807) is 54.4 Å². The van der Waals surface area contributed by atoms with Gasteiger partial charge in [0.1, 0.15) is 6.61 Å². The first-order chi connectivity index (χ1) is 17.3. The Labute approximate surface area is 221 Å². The van der Waals surface area contributed by atoms with E-state index in [4.69, 9.17) is 21.1 Å². The van der Waals surface area contributed by atoms with Crippen LogP contribution in [0.3, 0.4) is 0 Å². The first-order valence-electron chi connectivity index (χ1n) is 11.3. The average Bonchev–Trinajstić information content (AvgIpc) is 3.33. The normalized spacial score (nSPS) is 22.9. The van der Waals surface area contributed by atoms with Gasteiger partial charge in [0.15, 0.2) is 17.0 Å². The molecule has 1 amide bonds. The molecule has 2 aliphatic rings.